The number of ether oxygens (including phenoxy) is 1. The van der Waals surface area contributed by atoms with E-state index in [4.69, 9.17) is 4.74 Å². The molecule has 0 aliphatic heterocycles. The number of carbonyl (C=O) groups excluding carboxylic acids is 2. The summed E-state index contributed by atoms with van der Waals surface area (Å²) in [5, 5.41) is 5.34. The fraction of sp³-hybridized carbons (Fsp3) is 0.188. The van der Waals surface area contributed by atoms with Crippen LogP contribution in [-0.2, 0) is 11.2 Å². The highest BCUT2D eigenvalue weighted by atomic mass is 16.5. The Hall–Kier alpha value is -2.89. The normalized spacial score (nSPS) is 9.91. The summed E-state index contributed by atoms with van der Waals surface area (Å²) in [5.74, 6) is 0.144. The fourth-order valence-corrected chi connectivity index (χ4v) is 1.82. The van der Waals surface area contributed by atoms with Crippen molar-refractivity contribution in [1.29, 1.82) is 0 Å². The van der Waals surface area contributed by atoms with Crippen LogP contribution in [0.25, 0.3) is 0 Å². The molecule has 0 aliphatic carbocycles. The Bertz CT molecular complexity index is 651. The Morgan fingerprint density at radius 3 is 2.41 bits per heavy atom. The Balaban J connectivity index is 2.00. The molecular formula is C16H17N3O3. The molecule has 0 spiro atoms. The van der Waals surface area contributed by atoms with Crippen molar-refractivity contribution in [2.75, 3.05) is 19.5 Å². The van der Waals surface area contributed by atoms with Gasteiger partial charge in [0.05, 0.1) is 19.1 Å². The van der Waals surface area contributed by atoms with Crippen LogP contribution >= 0.6 is 0 Å². The number of methoxy groups -OCH3 is 1. The van der Waals surface area contributed by atoms with E-state index in [1.54, 1.807) is 43.4 Å². The van der Waals surface area contributed by atoms with Gasteiger partial charge in [0.15, 0.2) is 0 Å². The van der Waals surface area contributed by atoms with E-state index in [9.17, 15) is 9.59 Å². The SMILES string of the molecule is CNC(=O)Cc1ccc(NC(=O)c2ccc(OC)nc2)cc1. The van der Waals surface area contributed by atoms with Crippen LogP contribution in [0.15, 0.2) is 42.6 Å². The van der Waals surface area contributed by atoms with E-state index in [1.807, 2.05) is 0 Å². The molecule has 6 nitrogen and oxygen atoms in total. The third-order valence-electron chi connectivity index (χ3n) is 3.06. The van der Waals surface area contributed by atoms with E-state index in [1.165, 1.54) is 13.3 Å². The summed E-state index contributed by atoms with van der Waals surface area (Å²) in [7, 11) is 3.11. The van der Waals surface area contributed by atoms with Crippen molar-refractivity contribution in [3.63, 3.8) is 0 Å². The van der Waals surface area contributed by atoms with Crippen LogP contribution in [0.1, 0.15) is 15.9 Å². The first-order chi connectivity index (χ1) is 10.6. The number of aromatic nitrogens is 1. The summed E-state index contributed by atoms with van der Waals surface area (Å²) < 4.78 is 4.95. The van der Waals surface area contributed by atoms with E-state index in [2.05, 4.69) is 15.6 Å². The van der Waals surface area contributed by atoms with Crippen molar-refractivity contribution in [3.8, 4) is 5.88 Å². The molecule has 0 saturated carbocycles. The summed E-state index contributed by atoms with van der Waals surface area (Å²) in [6.07, 6.45) is 1.77. The monoisotopic (exact) mass is 299 g/mol. The highest BCUT2D eigenvalue weighted by Gasteiger charge is 2.07. The predicted molar refractivity (Wildman–Crippen MR) is 83.0 cm³/mol. The van der Waals surface area contributed by atoms with Gasteiger partial charge in [-0.05, 0) is 23.8 Å². The van der Waals surface area contributed by atoms with Gasteiger partial charge >= 0.3 is 0 Å². The standard InChI is InChI=1S/C16H17N3O3/c1-17-14(20)9-11-3-6-13(7-4-11)19-16(21)12-5-8-15(22-2)18-10-12/h3-8,10H,9H2,1-2H3,(H,17,20)(H,19,21). The topological polar surface area (TPSA) is 80.3 Å². The number of benzene rings is 1. The van der Waals surface area contributed by atoms with Crippen LogP contribution in [0.4, 0.5) is 5.69 Å². The van der Waals surface area contributed by atoms with Crippen LogP contribution in [0.3, 0.4) is 0 Å². The van der Waals surface area contributed by atoms with Crippen molar-refractivity contribution in [2.24, 2.45) is 0 Å². The Kier molecular flexibility index (Phi) is 5.08. The van der Waals surface area contributed by atoms with Gasteiger partial charge in [0, 0.05) is 25.0 Å². The number of pyridine rings is 1. The number of amides is 2. The zero-order valence-corrected chi connectivity index (χ0v) is 12.4. The van der Waals surface area contributed by atoms with Crippen LogP contribution in [-0.4, -0.2) is 31.0 Å². The molecule has 2 aromatic rings. The highest BCUT2D eigenvalue weighted by molar-refractivity contribution is 6.04. The summed E-state index contributed by atoms with van der Waals surface area (Å²) in [6, 6.07) is 10.4. The summed E-state index contributed by atoms with van der Waals surface area (Å²) in [6.45, 7) is 0. The van der Waals surface area contributed by atoms with E-state index in [-0.39, 0.29) is 11.8 Å². The molecule has 2 rings (SSSR count). The molecule has 0 bridgehead atoms. The van der Waals surface area contributed by atoms with Gasteiger partial charge in [0.2, 0.25) is 11.8 Å². The second-order valence-electron chi connectivity index (χ2n) is 4.59. The van der Waals surface area contributed by atoms with E-state index in [0.717, 1.165) is 5.56 Å². The molecule has 0 fully saturated rings. The van der Waals surface area contributed by atoms with E-state index >= 15 is 0 Å². The van der Waals surface area contributed by atoms with Crippen molar-refractivity contribution in [2.45, 2.75) is 6.42 Å². The first kappa shape index (κ1) is 15.5. The number of nitrogens with zero attached hydrogens (tertiary/aromatic N) is 1. The average Bonchev–Trinajstić information content (AvgIpc) is 2.56. The summed E-state index contributed by atoms with van der Waals surface area (Å²) >= 11 is 0. The van der Waals surface area contributed by atoms with E-state index < -0.39 is 0 Å². The van der Waals surface area contributed by atoms with Gasteiger partial charge in [-0.1, -0.05) is 12.1 Å². The largest absolute Gasteiger partial charge is 0.481 e. The maximum Gasteiger partial charge on any atom is 0.257 e. The number of likely N-dealkylation sites (N-methyl/N-ethyl adjacent to an activating group) is 1. The molecule has 2 amide bonds. The molecule has 0 aliphatic rings. The van der Waals surface area contributed by atoms with Gasteiger partial charge in [-0.3, -0.25) is 9.59 Å². The maximum atomic E-state index is 12.1. The molecule has 1 heterocycles. The maximum absolute atomic E-state index is 12.1. The Morgan fingerprint density at radius 2 is 1.86 bits per heavy atom. The lowest BCUT2D eigenvalue weighted by Gasteiger charge is -2.07. The van der Waals surface area contributed by atoms with E-state index in [0.29, 0.717) is 23.6 Å². The number of nitrogens with one attached hydrogen (secondary N) is 2. The molecule has 2 N–H and O–H groups in total. The highest BCUT2D eigenvalue weighted by Crippen LogP contribution is 2.13. The Morgan fingerprint density at radius 1 is 1.14 bits per heavy atom. The summed E-state index contributed by atoms with van der Waals surface area (Å²) in [4.78, 5) is 27.3. The minimum Gasteiger partial charge on any atom is -0.481 e. The van der Waals surface area contributed by atoms with Crippen LogP contribution in [0.2, 0.25) is 0 Å². The zero-order chi connectivity index (χ0) is 15.9. The predicted octanol–water partition coefficient (Wildman–Crippen LogP) is 1.63. The number of anilines is 1. The third kappa shape index (κ3) is 4.05. The second kappa shape index (κ2) is 7.21. The number of carbonyl (C=O) groups is 2. The van der Waals surface area contributed by atoms with Gasteiger partial charge in [-0.15, -0.1) is 0 Å². The number of hydrogen-bond donors (Lipinski definition) is 2. The minimum absolute atomic E-state index is 0.0545. The molecule has 1 aromatic heterocycles. The van der Waals surface area contributed by atoms with Gasteiger partial charge in [-0.2, -0.15) is 0 Å². The quantitative estimate of drug-likeness (QED) is 0.879. The first-order valence-electron chi connectivity index (χ1n) is 6.73. The molecule has 6 heteroatoms. The fourth-order valence-electron chi connectivity index (χ4n) is 1.82. The number of hydrogen-bond acceptors (Lipinski definition) is 4. The molecule has 0 radical (unpaired) electrons. The van der Waals surface area contributed by atoms with Crippen molar-refractivity contribution in [1.82, 2.24) is 10.3 Å². The molecule has 0 saturated heterocycles. The van der Waals surface area contributed by atoms with Gasteiger partial charge in [-0.25, -0.2) is 4.98 Å². The van der Waals surface area contributed by atoms with Crippen LogP contribution in [0, 0.1) is 0 Å². The van der Waals surface area contributed by atoms with Crippen molar-refractivity contribution >= 4 is 17.5 Å². The molecule has 1 aromatic carbocycles. The lowest BCUT2D eigenvalue weighted by atomic mass is 10.1. The average molecular weight is 299 g/mol. The smallest absolute Gasteiger partial charge is 0.257 e. The van der Waals surface area contributed by atoms with Crippen molar-refractivity contribution < 1.29 is 14.3 Å². The van der Waals surface area contributed by atoms with Gasteiger partial charge in [0.1, 0.15) is 0 Å². The van der Waals surface area contributed by atoms with Gasteiger partial charge < -0.3 is 15.4 Å². The number of rotatable bonds is 5. The van der Waals surface area contributed by atoms with Gasteiger partial charge in [0.25, 0.3) is 5.91 Å². The molecule has 22 heavy (non-hydrogen) atoms. The zero-order valence-electron chi connectivity index (χ0n) is 12.4. The molecular weight excluding hydrogens is 282 g/mol. The lowest BCUT2D eigenvalue weighted by Crippen LogP contribution is -2.19. The van der Waals surface area contributed by atoms with Crippen LogP contribution in [0.5, 0.6) is 5.88 Å². The van der Waals surface area contributed by atoms with Crippen molar-refractivity contribution in [3.05, 3.63) is 53.7 Å². The Labute approximate surface area is 128 Å². The summed E-state index contributed by atoms with van der Waals surface area (Å²) in [5.41, 5.74) is 1.97. The molecule has 0 unspecified atom stereocenters. The molecule has 0 atom stereocenters. The second-order valence-corrected chi connectivity index (χ2v) is 4.59. The van der Waals surface area contributed by atoms with Crippen LogP contribution < -0.4 is 15.4 Å². The first-order valence-corrected chi connectivity index (χ1v) is 6.73. The molecule has 114 valence electrons. The lowest BCUT2D eigenvalue weighted by molar-refractivity contribution is -0.119. The third-order valence-corrected chi connectivity index (χ3v) is 3.06. The minimum atomic E-state index is -0.255.